The maximum atomic E-state index is 13.1. The van der Waals surface area contributed by atoms with Crippen molar-refractivity contribution in [1.82, 2.24) is 10.6 Å². The summed E-state index contributed by atoms with van der Waals surface area (Å²) in [5.74, 6) is 0.480. The van der Waals surface area contributed by atoms with Gasteiger partial charge in [-0.1, -0.05) is 24.1 Å². The molecule has 1 aromatic carbocycles. The molecular formula is C18H28ClFIN3O. The second kappa shape index (κ2) is 11.2. The first kappa shape index (κ1) is 22.4. The number of halogens is 3. The highest BCUT2D eigenvalue weighted by Crippen LogP contribution is 2.43. The zero-order chi connectivity index (χ0) is 17.4. The van der Waals surface area contributed by atoms with Crippen LogP contribution in [0.1, 0.15) is 31.2 Å². The van der Waals surface area contributed by atoms with Crippen molar-refractivity contribution < 1.29 is 9.13 Å². The fourth-order valence-electron chi connectivity index (χ4n) is 3.04. The van der Waals surface area contributed by atoms with Crippen molar-refractivity contribution in [2.24, 2.45) is 10.4 Å². The van der Waals surface area contributed by atoms with Crippen LogP contribution in [0.5, 0.6) is 0 Å². The van der Waals surface area contributed by atoms with Crippen LogP contribution < -0.4 is 10.6 Å². The molecular weight excluding hydrogens is 456 g/mol. The molecule has 1 aliphatic rings. The third kappa shape index (κ3) is 6.90. The number of ether oxygens (including phenoxy) is 1. The van der Waals surface area contributed by atoms with E-state index in [1.165, 1.54) is 31.4 Å². The Kier molecular flexibility index (Phi) is 10.0. The third-order valence-electron chi connectivity index (χ3n) is 4.81. The summed E-state index contributed by atoms with van der Waals surface area (Å²) < 4.78 is 18.3. The normalized spacial score (nSPS) is 15.9. The van der Waals surface area contributed by atoms with Gasteiger partial charge in [-0.25, -0.2) is 4.39 Å². The smallest absolute Gasteiger partial charge is 0.191 e. The van der Waals surface area contributed by atoms with Crippen LogP contribution in [0.3, 0.4) is 0 Å². The van der Waals surface area contributed by atoms with E-state index in [1.807, 2.05) is 0 Å². The topological polar surface area (TPSA) is 45.7 Å². The zero-order valence-corrected chi connectivity index (χ0v) is 18.0. The van der Waals surface area contributed by atoms with Crippen LogP contribution in [0, 0.1) is 11.2 Å². The van der Waals surface area contributed by atoms with Crippen molar-refractivity contribution in [2.75, 3.05) is 33.9 Å². The van der Waals surface area contributed by atoms with Gasteiger partial charge in [0.25, 0.3) is 0 Å². The second-order valence-electron chi connectivity index (χ2n) is 6.43. The molecule has 0 aliphatic heterocycles. The number of guanidine groups is 1. The summed E-state index contributed by atoms with van der Waals surface area (Å²) in [6.07, 6.45) is 5.57. The van der Waals surface area contributed by atoms with E-state index >= 15 is 0 Å². The van der Waals surface area contributed by atoms with Gasteiger partial charge in [0.2, 0.25) is 0 Å². The highest BCUT2D eigenvalue weighted by molar-refractivity contribution is 14.0. The molecule has 2 N–H and O–H groups in total. The number of methoxy groups -OCH3 is 1. The van der Waals surface area contributed by atoms with Crippen LogP contribution in [0.4, 0.5) is 4.39 Å². The van der Waals surface area contributed by atoms with Gasteiger partial charge in [-0.15, -0.1) is 24.0 Å². The predicted molar refractivity (Wildman–Crippen MR) is 113 cm³/mol. The lowest BCUT2D eigenvalue weighted by molar-refractivity contribution is 0.0732. The van der Waals surface area contributed by atoms with Crippen molar-refractivity contribution in [3.63, 3.8) is 0 Å². The van der Waals surface area contributed by atoms with Crippen LogP contribution in [0.15, 0.2) is 23.2 Å². The van der Waals surface area contributed by atoms with Crippen LogP contribution in [-0.2, 0) is 11.2 Å². The monoisotopic (exact) mass is 483 g/mol. The molecule has 0 heterocycles. The summed E-state index contributed by atoms with van der Waals surface area (Å²) in [5.41, 5.74) is 1.27. The molecule has 0 bridgehead atoms. The van der Waals surface area contributed by atoms with E-state index in [0.717, 1.165) is 31.1 Å². The third-order valence-corrected chi connectivity index (χ3v) is 5.16. The number of benzene rings is 1. The number of hydrogen-bond donors (Lipinski definition) is 2. The molecule has 1 saturated carbocycles. The molecule has 2 rings (SSSR count). The minimum atomic E-state index is -0.309. The van der Waals surface area contributed by atoms with Gasteiger partial charge in [0.15, 0.2) is 5.96 Å². The van der Waals surface area contributed by atoms with Gasteiger partial charge in [-0.2, -0.15) is 0 Å². The minimum absolute atomic E-state index is 0. The van der Waals surface area contributed by atoms with Crippen LogP contribution in [0.2, 0.25) is 5.02 Å². The molecule has 0 amide bonds. The first-order valence-corrected chi connectivity index (χ1v) is 8.84. The lowest BCUT2D eigenvalue weighted by Gasteiger charge is -2.42. The Balaban J connectivity index is 0.00000312. The summed E-state index contributed by atoms with van der Waals surface area (Å²) >= 11 is 6.05. The molecule has 1 aromatic rings. The highest BCUT2D eigenvalue weighted by Gasteiger charge is 2.36. The van der Waals surface area contributed by atoms with Crippen molar-refractivity contribution in [3.8, 4) is 0 Å². The van der Waals surface area contributed by atoms with Crippen molar-refractivity contribution in [1.29, 1.82) is 0 Å². The molecule has 4 nitrogen and oxygen atoms in total. The van der Waals surface area contributed by atoms with Crippen LogP contribution in [-0.4, -0.2) is 39.8 Å². The number of rotatable bonds is 8. The number of aliphatic imine (C=N–C) groups is 1. The van der Waals surface area contributed by atoms with Crippen molar-refractivity contribution >= 4 is 41.5 Å². The highest BCUT2D eigenvalue weighted by atomic mass is 127. The Bertz CT molecular complexity index is 567. The van der Waals surface area contributed by atoms with Gasteiger partial charge < -0.3 is 15.4 Å². The molecule has 0 atom stereocenters. The lowest BCUT2D eigenvalue weighted by Crippen LogP contribution is -2.47. The second-order valence-corrected chi connectivity index (χ2v) is 6.84. The lowest BCUT2D eigenvalue weighted by atomic mass is 9.67. The van der Waals surface area contributed by atoms with Crippen molar-refractivity contribution in [2.45, 2.75) is 32.1 Å². The quantitative estimate of drug-likeness (QED) is 0.334. The molecule has 1 fully saturated rings. The molecule has 0 radical (unpaired) electrons. The van der Waals surface area contributed by atoms with Crippen molar-refractivity contribution in [3.05, 3.63) is 34.6 Å². The zero-order valence-electron chi connectivity index (χ0n) is 14.9. The SMILES string of the molecule is CN=C(NCCc1ccc(F)cc1Cl)NCC1(CCOC)CCC1.I. The largest absolute Gasteiger partial charge is 0.385 e. The van der Waals surface area contributed by atoms with Crippen LogP contribution >= 0.6 is 35.6 Å². The van der Waals surface area contributed by atoms with Gasteiger partial charge >= 0.3 is 0 Å². The standard InChI is InChI=1S/C18H27ClFN3O.HI/c1-21-17(23-13-18(7-3-8-18)9-11-24-2)22-10-6-14-4-5-15(20)12-16(14)19;/h4-5,12H,3,6-11,13H2,1-2H3,(H2,21,22,23);1H. The first-order valence-electron chi connectivity index (χ1n) is 8.46. The average molecular weight is 484 g/mol. The molecule has 0 aromatic heterocycles. The summed E-state index contributed by atoms with van der Waals surface area (Å²) in [4.78, 5) is 4.27. The Morgan fingerprint density at radius 2 is 2.12 bits per heavy atom. The van der Waals surface area contributed by atoms with E-state index in [4.69, 9.17) is 16.3 Å². The Hall–Kier alpha value is -0.600. The van der Waals surface area contributed by atoms with Gasteiger partial charge in [0.05, 0.1) is 0 Å². The number of nitrogens with zero attached hydrogens (tertiary/aromatic N) is 1. The summed E-state index contributed by atoms with van der Waals surface area (Å²) in [6.45, 7) is 2.40. The Morgan fingerprint density at radius 1 is 1.36 bits per heavy atom. The summed E-state index contributed by atoms with van der Waals surface area (Å²) in [7, 11) is 3.52. The van der Waals surface area contributed by atoms with E-state index in [1.54, 1.807) is 20.2 Å². The number of nitrogens with one attached hydrogen (secondary N) is 2. The number of hydrogen-bond acceptors (Lipinski definition) is 2. The Morgan fingerprint density at radius 3 is 2.68 bits per heavy atom. The van der Waals surface area contributed by atoms with Gasteiger partial charge in [-0.3, -0.25) is 4.99 Å². The van der Waals surface area contributed by atoms with E-state index in [2.05, 4.69) is 15.6 Å². The predicted octanol–water partition coefficient (Wildman–Crippen LogP) is 4.01. The van der Waals surface area contributed by atoms with Crippen LogP contribution in [0.25, 0.3) is 0 Å². The molecule has 7 heteroatoms. The minimum Gasteiger partial charge on any atom is -0.385 e. The maximum absolute atomic E-state index is 13.1. The molecule has 0 unspecified atom stereocenters. The first-order chi connectivity index (χ1) is 11.6. The van der Waals surface area contributed by atoms with E-state index < -0.39 is 0 Å². The molecule has 0 spiro atoms. The summed E-state index contributed by atoms with van der Waals surface area (Å²) in [5, 5.41) is 7.18. The van der Waals surface area contributed by atoms with E-state index in [-0.39, 0.29) is 29.8 Å². The van der Waals surface area contributed by atoms with Gasteiger partial charge in [0.1, 0.15) is 5.82 Å². The molecule has 142 valence electrons. The molecule has 1 aliphatic carbocycles. The Labute approximate surface area is 172 Å². The fourth-order valence-corrected chi connectivity index (χ4v) is 3.30. The molecule has 25 heavy (non-hydrogen) atoms. The molecule has 0 saturated heterocycles. The maximum Gasteiger partial charge on any atom is 0.191 e. The van der Waals surface area contributed by atoms with E-state index in [9.17, 15) is 4.39 Å². The van der Waals surface area contributed by atoms with E-state index in [0.29, 0.717) is 23.4 Å². The van der Waals surface area contributed by atoms with Gasteiger partial charge in [0, 0.05) is 38.9 Å². The fraction of sp³-hybridized carbons (Fsp3) is 0.611. The summed E-state index contributed by atoms with van der Waals surface area (Å²) in [6, 6.07) is 4.51. The van der Waals surface area contributed by atoms with Gasteiger partial charge in [-0.05, 0) is 48.8 Å². The average Bonchev–Trinajstić information content (AvgIpc) is 2.53.